The van der Waals surface area contributed by atoms with Gasteiger partial charge in [0.05, 0.1) is 24.8 Å². The largest absolute Gasteiger partial charge is 0.497 e. The third kappa shape index (κ3) is 9.00. The normalized spacial score (nSPS) is 11.9. The number of hydrogen-bond donors (Lipinski definition) is 1. The lowest BCUT2D eigenvalue weighted by molar-refractivity contribution is -0.140. The Kier molecular flexibility index (Phi) is 12.7. The van der Waals surface area contributed by atoms with Gasteiger partial charge in [0.2, 0.25) is 11.8 Å². The van der Waals surface area contributed by atoms with Crippen LogP contribution < -0.4 is 19.1 Å². The summed E-state index contributed by atoms with van der Waals surface area (Å²) < 4.78 is 40.4. The molecule has 12 heteroatoms. The van der Waals surface area contributed by atoms with Gasteiger partial charge in [0.1, 0.15) is 24.1 Å². The molecule has 0 saturated heterocycles. The Labute approximate surface area is 292 Å². The monoisotopic (exact) mass is 711 g/mol. The molecule has 0 spiro atoms. The van der Waals surface area contributed by atoms with Crippen molar-refractivity contribution in [2.45, 2.75) is 37.8 Å². The molecular weight excluding hydrogens is 673 g/mol. The van der Waals surface area contributed by atoms with E-state index in [2.05, 4.69) is 5.32 Å². The van der Waals surface area contributed by atoms with Crippen molar-refractivity contribution in [3.8, 4) is 11.5 Å². The fourth-order valence-electron chi connectivity index (χ4n) is 5.05. The minimum Gasteiger partial charge on any atom is -0.497 e. The number of methoxy groups -OCH3 is 2. The average molecular weight is 713 g/mol. The SMILES string of the molecule is COc1ccc(S(=O)(=O)N(CC(=O)N(Cc2c(Cl)cccc2Cl)C(Cc2ccccc2)C(=O)NCC(C)C)c2ccccc2OC)cc1. The van der Waals surface area contributed by atoms with Crippen LogP contribution in [0.15, 0.2) is 102 Å². The summed E-state index contributed by atoms with van der Waals surface area (Å²) in [5.74, 6) is -0.212. The van der Waals surface area contributed by atoms with Crippen LogP contribution in [0.3, 0.4) is 0 Å². The number of rotatable bonds is 15. The highest BCUT2D eigenvalue weighted by Gasteiger charge is 2.36. The Bertz CT molecular complexity index is 1780. The minimum absolute atomic E-state index is 0.0711. The molecule has 1 atom stereocenters. The molecule has 0 aliphatic carbocycles. The standard InChI is InChI=1S/C36H39Cl2N3O6S/c1-25(2)22-39-36(43)33(21-26-11-6-5-7-12-26)40(23-29-30(37)13-10-14-31(29)38)35(42)24-41(32-15-8-9-16-34(32)47-4)48(44,45)28-19-17-27(46-3)18-20-28/h5-20,25,33H,21-24H2,1-4H3,(H,39,43). The van der Waals surface area contributed by atoms with Crippen LogP contribution in [0.4, 0.5) is 5.69 Å². The zero-order valence-corrected chi connectivity index (χ0v) is 29.6. The van der Waals surface area contributed by atoms with Crippen LogP contribution in [0.25, 0.3) is 0 Å². The van der Waals surface area contributed by atoms with Gasteiger partial charge in [-0.15, -0.1) is 0 Å². The summed E-state index contributed by atoms with van der Waals surface area (Å²) in [7, 11) is -1.46. The van der Waals surface area contributed by atoms with Crippen molar-refractivity contribution in [3.05, 3.63) is 118 Å². The fraction of sp³-hybridized carbons (Fsp3) is 0.278. The highest BCUT2D eigenvalue weighted by molar-refractivity contribution is 7.92. The summed E-state index contributed by atoms with van der Waals surface area (Å²) in [6.07, 6.45) is 0.151. The van der Waals surface area contributed by atoms with Crippen LogP contribution in [0.1, 0.15) is 25.0 Å². The first-order valence-electron chi connectivity index (χ1n) is 15.3. The maximum Gasteiger partial charge on any atom is 0.264 e. The molecule has 0 fully saturated rings. The Morgan fingerprint density at radius 1 is 0.812 bits per heavy atom. The summed E-state index contributed by atoms with van der Waals surface area (Å²) >= 11 is 13.2. The van der Waals surface area contributed by atoms with Crippen LogP contribution in [-0.4, -0.2) is 58.5 Å². The van der Waals surface area contributed by atoms with Crippen molar-refractivity contribution in [1.82, 2.24) is 10.2 Å². The topological polar surface area (TPSA) is 105 Å². The maximum atomic E-state index is 14.7. The molecule has 2 amide bonds. The van der Waals surface area contributed by atoms with E-state index in [-0.39, 0.29) is 35.2 Å². The number of amides is 2. The van der Waals surface area contributed by atoms with E-state index in [1.807, 2.05) is 44.2 Å². The van der Waals surface area contributed by atoms with Crippen molar-refractivity contribution >= 4 is 50.7 Å². The molecule has 1 N–H and O–H groups in total. The van der Waals surface area contributed by atoms with Gasteiger partial charge >= 0.3 is 0 Å². The molecule has 4 aromatic carbocycles. The second kappa shape index (κ2) is 16.7. The van der Waals surface area contributed by atoms with Gasteiger partial charge in [-0.1, -0.05) is 85.6 Å². The molecule has 0 bridgehead atoms. The third-order valence-corrected chi connectivity index (χ3v) is 10.1. The number of hydrogen-bond acceptors (Lipinski definition) is 6. The quantitative estimate of drug-likeness (QED) is 0.149. The second-order valence-electron chi connectivity index (χ2n) is 11.4. The Morgan fingerprint density at radius 2 is 1.44 bits per heavy atom. The van der Waals surface area contributed by atoms with E-state index in [0.717, 1.165) is 9.87 Å². The van der Waals surface area contributed by atoms with Crippen LogP contribution in [0.5, 0.6) is 11.5 Å². The summed E-state index contributed by atoms with van der Waals surface area (Å²) in [5, 5.41) is 3.56. The second-order valence-corrected chi connectivity index (χ2v) is 14.1. The first-order chi connectivity index (χ1) is 23.0. The lowest BCUT2D eigenvalue weighted by atomic mass is 10.0. The number of benzene rings is 4. The molecule has 9 nitrogen and oxygen atoms in total. The number of halogens is 2. The van der Waals surface area contributed by atoms with Gasteiger partial charge in [-0.25, -0.2) is 8.42 Å². The number of para-hydroxylation sites is 2. The van der Waals surface area contributed by atoms with Crippen molar-refractivity contribution in [1.29, 1.82) is 0 Å². The lowest BCUT2D eigenvalue weighted by Crippen LogP contribution is -2.53. The molecule has 1 unspecified atom stereocenters. The fourth-order valence-corrected chi connectivity index (χ4v) is 7.00. The van der Waals surface area contributed by atoms with Crippen LogP contribution in [0, 0.1) is 5.92 Å². The van der Waals surface area contributed by atoms with Crippen LogP contribution in [-0.2, 0) is 32.6 Å². The van der Waals surface area contributed by atoms with Gasteiger partial charge in [0, 0.05) is 35.1 Å². The Balaban J connectivity index is 1.86. The zero-order chi connectivity index (χ0) is 34.8. The first-order valence-corrected chi connectivity index (χ1v) is 17.5. The highest BCUT2D eigenvalue weighted by Crippen LogP contribution is 2.34. The van der Waals surface area contributed by atoms with E-state index in [1.54, 1.807) is 42.5 Å². The summed E-state index contributed by atoms with van der Waals surface area (Å²) in [4.78, 5) is 29.9. The van der Waals surface area contributed by atoms with E-state index >= 15 is 0 Å². The first kappa shape index (κ1) is 36.6. The zero-order valence-electron chi connectivity index (χ0n) is 27.2. The van der Waals surface area contributed by atoms with E-state index in [4.69, 9.17) is 32.7 Å². The van der Waals surface area contributed by atoms with E-state index < -0.39 is 34.4 Å². The van der Waals surface area contributed by atoms with E-state index in [1.165, 1.54) is 43.4 Å². The molecule has 0 saturated carbocycles. The summed E-state index contributed by atoms with van der Waals surface area (Å²) in [5.41, 5.74) is 1.37. The van der Waals surface area contributed by atoms with Gasteiger partial charge < -0.3 is 19.7 Å². The van der Waals surface area contributed by atoms with Crippen molar-refractivity contribution in [2.75, 3.05) is 31.6 Å². The van der Waals surface area contributed by atoms with Crippen molar-refractivity contribution < 1.29 is 27.5 Å². The summed E-state index contributed by atoms with van der Waals surface area (Å²) in [6.45, 7) is 3.48. The highest BCUT2D eigenvalue weighted by atomic mass is 35.5. The molecule has 0 aromatic heterocycles. The van der Waals surface area contributed by atoms with Gasteiger partial charge in [-0.2, -0.15) is 0 Å². The number of anilines is 1. The molecule has 4 aromatic rings. The minimum atomic E-state index is -4.36. The van der Waals surface area contributed by atoms with Gasteiger partial charge in [0.15, 0.2) is 0 Å². The number of carbonyl (C=O) groups excluding carboxylic acids is 2. The molecule has 254 valence electrons. The molecule has 48 heavy (non-hydrogen) atoms. The molecule has 0 radical (unpaired) electrons. The van der Waals surface area contributed by atoms with Crippen molar-refractivity contribution in [2.24, 2.45) is 5.92 Å². The molecule has 0 aliphatic heterocycles. The Morgan fingerprint density at radius 3 is 2.04 bits per heavy atom. The predicted molar refractivity (Wildman–Crippen MR) is 189 cm³/mol. The molecule has 4 rings (SSSR count). The number of ether oxygens (including phenoxy) is 2. The van der Waals surface area contributed by atoms with Gasteiger partial charge in [0.25, 0.3) is 10.0 Å². The number of carbonyl (C=O) groups is 2. The molecular formula is C36H39Cl2N3O6S. The van der Waals surface area contributed by atoms with E-state index in [0.29, 0.717) is 27.9 Å². The number of nitrogens with zero attached hydrogens (tertiary/aromatic N) is 2. The lowest BCUT2D eigenvalue weighted by Gasteiger charge is -2.34. The van der Waals surface area contributed by atoms with Crippen LogP contribution in [0.2, 0.25) is 10.0 Å². The predicted octanol–water partition coefficient (Wildman–Crippen LogP) is 6.62. The third-order valence-electron chi connectivity index (χ3n) is 7.63. The summed E-state index contributed by atoms with van der Waals surface area (Å²) in [6, 6.07) is 25.6. The Hall–Kier alpha value is -4.25. The molecule has 0 heterocycles. The number of sulfonamides is 1. The van der Waals surface area contributed by atoms with Gasteiger partial charge in [-0.3, -0.25) is 13.9 Å². The molecule has 0 aliphatic rings. The van der Waals surface area contributed by atoms with E-state index in [9.17, 15) is 18.0 Å². The number of nitrogens with one attached hydrogen (secondary N) is 1. The maximum absolute atomic E-state index is 14.7. The average Bonchev–Trinajstić information content (AvgIpc) is 3.09. The van der Waals surface area contributed by atoms with Crippen molar-refractivity contribution in [3.63, 3.8) is 0 Å². The van der Waals surface area contributed by atoms with Crippen LogP contribution >= 0.6 is 23.2 Å². The van der Waals surface area contributed by atoms with Gasteiger partial charge in [-0.05, 0) is 60.0 Å². The smallest absolute Gasteiger partial charge is 0.264 e.